The molecule has 2 unspecified atom stereocenters. The summed E-state index contributed by atoms with van der Waals surface area (Å²) < 4.78 is 52.9. The van der Waals surface area contributed by atoms with Crippen LogP contribution >= 0.6 is 0 Å². The van der Waals surface area contributed by atoms with E-state index in [1.165, 1.54) is 24.3 Å². The lowest BCUT2D eigenvalue weighted by Crippen LogP contribution is -2.48. The highest BCUT2D eigenvalue weighted by Gasteiger charge is 2.38. The lowest BCUT2D eigenvalue weighted by molar-refractivity contribution is -0.137. The minimum absolute atomic E-state index is 0.0650. The Morgan fingerprint density at radius 3 is 2.22 bits per heavy atom. The van der Waals surface area contributed by atoms with Gasteiger partial charge in [0.25, 0.3) is 5.91 Å². The molecule has 0 aromatic heterocycles. The fourth-order valence-electron chi connectivity index (χ4n) is 5.48. The molecule has 4 nitrogen and oxygen atoms in total. The van der Waals surface area contributed by atoms with Gasteiger partial charge >= 0.3 is 6.18 Å². The fourth-order valence-corrected chi connectivity index (χ4v) is 5.48. The first-order valence-electron chi connectivity index (χ1n) is 12.5. The predicted molar refractivity (Wildman–Crippen MR) is 135 cm³/mol. The van der Waals surface area contributed by atoms with E-state index in [9.17, 15) is 22.4 Å². The van der Waals surface area contributed by atoms with Crippen LogP contribution in [0.15, 0.2) is 78.9 Å². The highest BCUT2D eigenvalue weighted by Crippen LogP contribution is 2.35. The molecule has 2 atom stereocenters. The molecule has 37 heavy (non-hydrogen) atoms. The monoisotopic (exact) mass is 511 g/mol. The number of hydrogen-bond donors (Lipinski definition) is 0. The third-order valence-corrected chi connectivity index (χ3v) is 7.45. The number of carbonyl (C=O) groups excluding carboxylic acids is 1. The lowest BCUT2D eigenvalue weighted by Gasteiger charge is -2.37. The molecule has 0 bridgehead atoms. The molecule has 0 radical (unpaired) electrons. The van der Waals surface area contributed by atoms with Crippen molar-refractivity contribution < 1.29 is 22.4 Å². The number of likely N-dealkylation sites (tertiary alicyclic amines) is 1. The molecular formula is C29H29F4N3O. The Kier molecular flexibility index (Phi) is 7.20. The Bertz CT molecular complexity index is 1210. The van der Waals surface area contributed by atoms with E-state index >= 15 is 0 Å². The van der Waals surface area contributed by atoms with Crippen molar-refractivity contribution in [2.24, 2.45) is 5.92 Å². The molecule has 1 amide bonds. The van der Waals surface area contributed by atoms with E-state index in [2.05, 4.69) is 21.9 Å². The van der Waals surface area contributed by atoms with E-state index in [1.807, 2.05) is 18.2 Å². The maximum absolute atomic E-state index is 13.3. The molecule has 2 aliphatic rings. The standard InChI is InChI=1S/C29H29F4N3O/c30-25-9-11-26(12-10-25)35-15-13-34(14-16-35)18-23-19-36(20-27(23)21-5-2-1-3-6-21)28(37)22-7-4-8-24(17-22)29(31,32)33/h1-12,17,23,27H,13-16,18-20H2. The van der Waals surface area contributed by atoms with Crippen LogP contribution in [-0.2, 0) is 6.18 Å². The average Bonchev–Trinajstić information content (AvgIpc) is 3.33. The van der Waals surface area contributed by atoms with E-state index in [0.717, 1.165) is 56.1 Å². The molecule has 0 spiro atoms. The number of alkyl halides is 3. The van der Waals surface area contributed by atoms with Crippen molar-refractivity contribution in [1.29, 1.82) is 0 Å². The Balaban J connectivity index is 1.28. The second-order valence-corrected chi connectivity index (χ2v) is 9.83. The summed E-state index contributed by atoms with van der Waals surface area (Å²) in [6.45, 7) is 5.09. The predicted octanol–water partition coefficient (Wildman–Crippen LogP) is 5.52. The van der Waals surface area contributed by atoms with Crippen LogP contribution in [-0.4, -0.2) is 61.5 Å². The van der Waals surface area contributed by atoms with Crippen LogP contribution in [0.5, 0.6) is 0 Å². The minimum atomic E-state index is -4.49. The van der Waals surface area contributed by atoms with E-state index in [-0.39, 0.29) is 29.1 Å². The van der Waals surface area contributed by atoms with Crippen molar-refractivity contribution in [2.45, 2.75) is 12.1 Å². The Labute approximate surface area is 214 Å². The minimum Gasteiger partial charge on any atom is -0.369 e. The van der Waals surface area contributed by atoms with Gasteiger partial charge in [0.05, 0.1) is 5.56 Å². The molecule has 194 valence electrons. The molecule has 3 aromatic rings. The summed E-state index contributed by atoms with van der Waals surface area (Å²) >= 11 is 0. The van der Waals surface area contributed by atoms with Gasteiger partial charge in [0.1, 0.15) is 5.82 Å². The third-order valence-electron chi connectivity index (χ3n) is 7.45. The van der Waals surface area contributed by atoms with Crippen LogP contribution in [0.4, 0.5) is 23.2 Å². The number of nitrogens with zero attached hydrogens (tertiary/aromatic N) is 3. The van der Waals surface area contributed by atoms with Gasteiger partial charge < -0.3 is 9.80 Å². The summed E-state index contributed by atoms with van der Waals surface area (Å²) in [5.74, 6) is -0.351. The van der Waals surface area contributed by atoms with Gasteiger partial charge in [0, 0.05) is 63.0 Å². The van der Waals surface area contributed by atoms with Crippen LogP contribution in [0, 0.1) is 11.7 Å². The number of halogens is 4. The fraction of sp³-hybridized carbons (Fsp3) is 0.345. The second kappa shape index (κ2) is 10.5. The first kappa shape index (κ1) is 25.3. The molecule has 2 saturated heterocycles. The van der Waals surface area contributed by atoms with Crippen LogP contribution in [0.25, 0.3) is 0 Å². The van der Waals surface area contributed by atoms with E-state index in [4.69, 9.17) is 0 Å². The largest absolute Gasteiger partial charge is 0.416 e. The van der Waals surface area contributed by atoms with Gasteiger partial charge in [-0.15, -0.1) is 0 Å². The molecule has 5 rings (SSSR count). The van der Waals surface area contributed by atoms with Crippen molar-refractivity contribution in [2.75, 3.05) is 50.7 Å². The summed E-state index contributed by atoms with van der Waals surface area (Å²) in [5, 5.41) is 0. The van der Waals surface area contributed by atoms with E-state index in [0.29, 0.717) is 13.1 Å². The molecule has 2 heterocycles. The van der Waals surface area contributed by atoms with Gasteiger partial charge in [-0.25, -0.2) is 4.39 Å². The van der Waals surface area contributed by atoms with Gasteiger partial charge in [-0.2, -0.15) is 13.2 Å². The molecular weight excluding hydrogens is 482 g/mol. The SMILES string of the molecule is O=C(c1cccc(C(F)(F)F)c1)N1CC(CN2CCN(c3ccc(F)cc3)CC2)C(c2ccccc2)C1. The maximum atomic E-state index is 13.3. The first-order valence-corrected chi connectivity index (χ1v) is 12.5. The van der Waals surface area contributed by atoms with Crippen molar-refractivity contribution in [3.8, 4) is 0 Å². The number of amides is 1. The number of anilines is 1. The van der Waals surface area contributed by atoms with Crippen molar-refractivity contribution >= 4 is 11.6 Å². The molecule has 3 aromatic carbocycles. The topological polar surface area (TPSA) is 26.8 Å². The van der Waals surface area contributed by atoms with Gasteiger partial charge in [-0.05, 0) is 53.9 Å². The third kappa shape index (κ3) is 5.80. The number of carbonyl (C=O) groups is 1. The maximum Gasteiger partial charge on any atom is 0.416 e. The lowest BCUT2D eigenvalue weighted by atomic mass is 9.88. The zero-order chi connectivity index (χ0) is 26.0. The van der Waals surface area contributed by atoms with Gasteiger partial charge in [-0.1, -0.05) is 36.4 Å². The quantitative estimate of drug-likeness (QED) is 0.422. The number of rotatable bonds is 5. The number of hydrogen-bond acceptors (Lipinski definition) is 3. The molecule has 0 saturated carbocycles. The summed E-state index contributed by atoms with van der Waals surface area (Å²) in [5.41, 5.74) is 1.39. The molecule has 2 aliphatic heterocycles. The summed E-state index contributed by atoms with van der Waals surface area (Å²) in [6, 6.07) is 21.2. The van der Waals surface area contributed by atoms with Crippen molar-refractivity contribution in [3.63, 3.8) is 0 Å². The van der Waals surface area contributed by atoms with Gasteiger partial charge in [0.15, 0.2) is 0 Å². The Morgan fingerprint density at radius 2 is 1.54 bits per heavy atom. The van der Waals surface area contributed by atoms with Crippen LogP contribution < -0.4 is 4.90 Å². The van der Waals surface area contributed by atoms with Crippen LogP contribution in [0.2, 0.25) is 0 Å². The van der Waals surface area contributed by atoms with Gasteiger partial charge in [0.2, 0.25) is 0 Å². The number of piperazine rings is 1. The average molecular weight is 512 g/mol. The summed E-state index contributed by atoms with van der Waals surface area (Å²) in [6.07, 6.45) is -4.49. The number of benzene rings is 3. The van der Waals surface area contributed by atoms with Crippen LogP contribution in [0.3, 0.4) is 0 Å². The Hall–Kier alpha value is -3.39. The van der Waals surface area contributed by atoms with E-state index < -0.39 is 11.7 Å². The molecule has 8 heteroatoms. The first-order chi connectivity index (χ1) is 17.8. The summed E-state index contributed by atoms with van der Waals surface area (Å²) in [4.78, 5) is 19.6. The smallest absolute Gasteiger partial charge is 0.369 e. The zero-order valence-corrected chi connectivity index (χ0v) is 20.4. The summed E-state index contributed by atoms with van der Waals surface area (Å²) in [7, 11) is 0. The van der Waals surface area contributed by atoms with Crippen molar-refractivity contribution in [3.05, 3.63) is 101 Å². The molecule has 0 N–H and O–H groups in total. The van der Waals surface area contributed by atoms with Crippen LogP contribution in [0.1, 0.15) is 27.4 Å². The van der Waals surface area contributed by atoms with E-state index in [1.54, 1.807) is 17.0 Å². The highest BCUT2D eigenvalue weighted by molar-refractivity contribution is 5.94. The second-order valence-electron chi connectivity index (χ2n) is 9.83. The zero-order valence-electron chi connectivity index (χ0n) is 20.4. The Morgan fingerprint density at radius 1 is 0.838 bits per heavy atom. The van der Waals surface area contributed by atoms with Crippen molar-refractivity contribution in [1.82, 2.24) is 9.80 Å². The molecule has 2 fully saturated rings. The highest BCUT2D eigenvalue weighted by atomic mass is 19.4. The normalized spacial score (nSPS) is 20.9. The van der Waals surface area contributed by atoms with Gasteiger partial charge in [-0.3, -0.25) is 9.69 Å². The molecule has 0 aliphatic carbocycles.